The molecule has 1 aliphatic carbocycles. The number of carboxylic acid groups (broad SMARTS) is 1. The van der Waals surface area contributed by atoms with Gasteiger partial charge in [0.2, 0.25) is 0 Å². The number of rotatable bonds is 2. The fourth-order valence-corrected chi connectivity index (χ4v) is 2.86. The monoisotopic (exact) mass is 222 g/mol. The zero-order valence-corrected chi connectivity index (χ0v) is 9.88. The molecule has 0 spiro atoms. The van der Waals surface area contributed by atoms with Gasteiger partial charge < -0.3 is 9.52 Å². The number of furan rings is 1. The van der Waals surface area contributed by atoms with Gasteiger partial charge in [-0.2, -0.15) is 0 Å². The van der Waals surface area contributed by atoms with E-state index in [4.69, 9.17) is 4.42 Å². The number of carboxylic acids is 1. The van der Waals surface area contributed by atoms with Crippen molar-refractivity contribution in [2.24, 2.45) is 0 Å². The second-order valence-corrected chi connectivity index (χ2v) is 4.77. The number of aryl methyl sites for hydroxylation is 2. The average Bonchev–Trinajstić information content (AvgIpc) is 2.59. The van der Waals surface area contributed by atoms with Crippen LogP contribution < -0.4 is 0 Å². The maximum Gasteiger partial charge on any atom is 0.314 e. The fourth-order valence-electron chi connectivity index (χ4n) is 2.86. The van der Waals surface area contributed by atoms with Gasteiger partial charge >= 0.3 is 5.97 Å². The third-order valence-corrected chi connectivity index (χ3v) is 3.67. The van der Waals surface area contributed by atoms with Crippen molar-refractivity contribution in [1.29, 1.82) is 0 Å². The molecule has 0 radical (unpaired) electrons. The minimum atomic E-state index is -0.698. The Labute approximate surface area is 95.5 Å². The van der Waals surface area contributed by atoms with Gasteiger partial charge in [0.25, 0.3) is 0 Å². The molecule has 1 aliphatic rings. The highest BCUT2D eigenvalue weighted by atomic mass is 16.4. The molecule has 1 fully saturated rings. The van der Waals surface area contributed by atoms with Gasteiger partial charge in [0.15, 0.2) is 0 Å². The summed E-state index contributed by atoms with van der Waals surface area (Å²) in [7, 11) is 0. The fraction of sp³-hybridized carbons (Fsp3) is 0.615. The van der Waals surface area contributed by atoms with Gasteiger partial charge in [0.1, 0.15) is 11.5 Å². The van der Waals surface area contributed by atoms with Crippen LogP contribution in [0.5, 0.6) is 0 Å². The summed E-state index contributed by atoms with van der Waals surface area (Å²) in [6.45, 7) is 3.73. The Balaban J connectivity index is 2.46. The van der Waals surface area contributed by atoms with Crippen molar-refractivity contribution in [3.8, 4) is 0 Å². The molecule has 3 nitrogen and oxygen atoms in total. The summed E-state index contributed by atoms with van der Waals surface area (Å²) in [5.41, 5.74) is 0.192. The Morgan fingerprint density at radius 2 is 1.94 bits per heavy atom. The molecule has 1 aromatic rings. The van der Waals surface area contributed by atoms with Crippen molar-refractivity contribution >= 4 is 5.97 Å². The summed E-state index contributed by atoms with van der Waals surface area (Å²) in [5.74, 6) is 0.872. The van der Waals surface area contributed by atoms with Gasteiger partial charge in [-0.3, -0.25) is 4.79 Å². The van der Waals surface area contributed by atoms with Crippen LogP contribution in [0.4, 0.5) is 0 Å². The van der Waals surface area contributed by atoms with Crippen LogP contribution >= 0.6 is 0 Å². The van der Waals surface area contributed by atoms with E-state index in [1.165, 1.54) is 0 Å². The number of carbonyl (C=O) groups is 1. The Morgan fingerprint density at radius 3 is 2.38 bits per heavy atom. The zero-order valence-electron chi connectivity index (χ0n) is 9.88. The predicted octanol–water partition coefficient (Wildman–Crippen LogP) is 3.18. The van der Waals surface area contributed by atoms with Crippen LogP contribution in [-0.4, -0.2) is 11.1 Å². The van der Waals surface area contributed by atoms with Crippen molar-refractivity contribution in [2.75, 3.05) is 0 Å². The summed E-state index contributed by atoms with van der Waals surface area (Å²) in [6.07, 6.45) is 4.61. The van der Waals surface area contributed by atoms with Crippen molar-refractivity contribution < 1.29 is 14.3 Å². The molecule has 1 heterocycles. The van der Waals surface area contributed by atoms with E-state index in [0.717, 1.165) is 49.2 Å². The lowest BCUT2D eigenvalue weighted by molar-refractivity contribution is -0.145. The van der Waals surface area contributed by atoms with Gasteiger partial charge in [-0.25, -0.2) is 0 Å². The normalized spacial score (nSPS) is 19.6. The summed E-state index contributed by atoms with van der Waals surface area (Å²) < 4.78 is 5.48. The van der Waals surface area contributed by atoms with Crippen LogP contribution in [0, 0.1) is 13.8 Å². The first-order chi connectivity index (χ1) is 7.56. The Kier molecular flexibility index (Phi) is 2.78. The zero-order chi connectivity index (χ0) is 11.8. The molecule has 16 heavy (non-hydrogen) atoms. The highest BCUT2D eigenvalue weighted by molar-refractivity contribution is 5.82. The molecule has 0 bridgehead atoms. The summed E-state index contributed by atoms with van der Waals surface area (Å²) in [5, 5.41) is 9.53. The van der Waals surface area contributed by atoms with Crippen molar-refractivity contribution in [1.82, 2.24) is 0 Å². The maximum atomic E-state index is 11.6. The van der Waals surface area contributed by atoms with Crippen LogP contribution in [0.25, 0.3) is 0 Å². The highest BCUT2D eigenvalue weighted by Gasteiger charge is 2.43. The molecule has 0 unspecified atom stereocenters. The van der Waals surface area contributed by atoms with Gasteiger partial charge in [-0.05, 0) is 32.8 Å². The Hall–Kier alpha value is -1.25. The second-order valence-electron chi connectivity index (χ2n) is 4.77. The molecule has 88 valence electrons. The van der Waals surface area contributed by atoms with Crippen LogP contribution in [0.15, 0.2) is 10.5 Å². The molecule has 2 rings (SSSR count). The van der Waals surface area contributed by atoms with E-state index in [-0.39, 0.29) is 0 Å². The molecular formula is C13H18O3. The minimum Gasteiger partial charge on any atom is -0.481 e. The average molecular weight is 222 g/mol. The van der Waals surface area contributed by atoms with Gasteiger partial charge in [-0.15, -0.1) is 0 Å². The van der Waals surface area contributed by atoms with E-state index in [1.54, 1.807) is 0 Å². The first-order valence-electron chi connectivity index (χ1n) is 5.87. The lowest BCUT2D eigenvalue weighted by atomic mass is 9.69. The van der Waals surface area contributed by atoms with Crippen molar-refractivity contribution in [3.63, 3.8) is 0 Å². The predicted molar refractivity (Wildman–Crippen MR) is 60.6 cm³/mol. The summed E-state index contributed by atoms with van der Waals surface area (Å²) >= 11 is 0. The van der Waals surface area contributed by atoms with E-state index in [2.05, 4.69) is 0 Å². The molecular weight excluding hydrogens is 204 g/mol. The molecule has 1 aromatic heterocycles. The molecule has 0 amide bonds. The topological polar surface area (TPSA) is 50.4 Å². The van der Waals surface area contributed by atoms with E-state index in [0.29, 0.717) is 0 Å². The molecule has 1 saturated carbocycles. The van der Waals surface area contributed by atoms with E-state index >= 15 is 0 Å². The molecule has 0 aliphatic heterocycles. The minimum absolute atomic E-state index is 0.694. The van der Waals surface area contributed by atoms with Crippen LogP contribution in [0.2, 0.25) is 0 Å². The third-order valence-electron chi connectivity index (χ3n) is 3.67. The molecule has 1 N–H and O–H groups in total. The van der Waals surface area contributed by atoms with Crippen molar-refractivity contribution in [2.45, 2.75) is 51.4 Å². The van der Waals surface area contributed by atoms with E-state index in [9.17, 15) is 9.90 Å². The van der Waals surface area contributed by atoms with Gasteiger partial charge in [-0.1, -0.05) is 19.3 Å². The number of aliphatic carboxylic acids is 1. The van der Waals surface area contributed by atoms with E-state index < -0.39 is 11.4 Å². The molecule has 0 saturated heterocycles. The van der Waals surface area contributed by atoms with Crippen LogP contribution in [0.3, 0.4) is 0 Å². The summed E-state index contributed by atoms with van der Waals surface area (Å²) in [4.78, 5) is 11.6. The first kappa shape index (κ1) is 11.2. The first-order valence-corrected chi connectivity index (χ1v) is 5.87. The lowest BCUT2D eigenvalue weighted by Crippen LogP contribution is -2.38. The lowest BCUT2D eigenvalue weighted by Gasteiger charge is -2.32. The number of hydrogen-bond donors (Lipinski definition) is 1. The quantitative estimate of drug-likeness (QED) is 0.836. The molecule has 0 atom stereocenters. The van der Waals surface area contributed by atoms with Crippen LogP contribution in [-0.2, 0) is 10.2 Å². The largest absolute Gasteiger partial charge is 0.481 e. The molecule has 0 aromatic carbocycles. The SMILES string of the molecule is Cc1cc(C2(C(=O)O)CCCCC2)c(C)o1. The smallest absolute Gasteiger partial charge is 0.314 e. The van der Waals surface area contributed by atoms with Gasteiger partial charge in [0, 0.05) is 5.56 Å². The third kappa shape index (κ3) is 1.64. The Bertz CT molecular complexity index is 397. The number of hydrogen-bond acceptors (Lipinski definition) is 2. The molecule has 3 heteroatoms. The summed E-state index contributed by atoms with van der Waals surface area (Å²) in [6, 6.07) is 1.90. The maximum absolute atomic E-state index is 11.6. The van der Waals surface area contributed by atoms with Crippen LogP contribution in [0.1, 0.15) is 49.2 Å². The Morgan fingerprint density at radius 1 is 1.31 bits per heavy atom. The highest BCUT2D eigenvalue weighted by Crippen LogP contribution is 2.42. The standard InChI is InChI=1S/C13H18O3/c1-9-8-11(10(2)16-9)13(12(14)15)6-4-3-5-7-13/h8H,3-7H2,1-2H3,(H,14,15). The van der Waals surface area contributed by atoms with Gasteiger partial charge in [0.05, 0.1) is 5.41 Å². The van der Waals surface area contributed by atoms with E-state index in [1.807, 2.05) is 19.9 Å². The second kappa shape index (κ2) is 3.96. The van der Waals surface area contributed by atoms with Crippen molar-refractivity contribution in [3.05, 3.63) is 23.2 Å².